The van der Waals surface area contributed by atoms with E-state index in [-0.39, 0.29) is 32.1 Å². The number of fused-ring (bicyclic) bond motifs is 2. The second kappa shape index (κ2) is 18.2. The summed E-state index contributed by atoms with van der Waals surface area (Å²) in [5.74, 6) is 0.239. The van der Waals surface area contributed by atoms with Gasteiger partial charge in [-0.3, -0.25) is 9.69 Å². The van der Waals surface area contributed by atoms with Gasteiger partial charge in [-0.15, -0.1) is 0 Å². The number of nitrogens with one attached hydrogen (secondary N) is 1. The number of hydrogen-bond donors (Lipinski definition) is 2. The lowest BCUT2D eigenvalue weighted by atomic mass is 9.91. The minimum absolute atomic E-state index is 0.0730. The van der Waals surface area contributed by atoms with Crippen LogP contribution in [0.3, 0.4) is 0 Å². The van der Waals surface area contributed by atoms with Gasteiger partial charge in [-0.05, 0) is 106 Å². The van der Waals surface area contributed by atoms with Crippen LogP contribution in [0.4, 0.5) is 0 Å². The molecule has 0 fully saturated rings. The number of hydrogen-bond acceptors (Lipinski definition) is 8. The molecule has 1 amide bonds. The van der Waals surface area contributed by atoms with Gasteiger partial charge in [0, 0.05) is 19.5 Å². The summed E-state index contributed by atoms with van der Waals surface area (Å²) in [7, 11) is 0. The molecule has 0 spiro atoms. The number of ether oxygens (including phenoxy) is 3. The number of aliphatic carboxylic acids is 1. The van der Waals surface area contributed by atoms with Gasteiger partial charge in [-0.2, -0.15) is 10.5 Å². The van der Waals surface area contributed by atoms with Gasteiger partial charge in [0.15, 0.2) is 17.6 Å². The van der Waals surface area contributed by atoms with Crippen LogP contribution in [-0.4, -0.2) is 40.6 Å². The molecule has 0 saturated carbocycles. The molecular weight excluding hydrogens is 811 g/mol. The van der Waals surface area contributed by atoms with Crippen LogP contribution in [0.15, 0.2) is 127 Å². The van der Waals surface area contributed by atoms with Crippen molar-refractivity contribution in [2.45, 2.75) is 50.7 Å². The zero-order valence-electron chi connectivity index (χ0n) is 32.7. The first-order valence-corrected chi connectivity index (χ1v) is 20.4. The molecule has 6 aromatic carbocycles. The Kier molecular flexibility index (Phi) is 12.2. The summed E-state index contributed by atoms with van der Waals surface area (Å²) in [4.78, 5) is 28.8. The van der Waals surface area contributed by atoms with Crippen LogP contribution in [0.25, 0.3) is 11.1 Å². The van der Waals surface area contributed by atoms with E-state index in [0.29, 0.717) is 51.6 Å². The maximum atomic E-state index is 14.2. The molecule has 61 heavy (non-hydrogen) atoms. The highest BCUT2D eigenvalue weighted by Gasteiger charge is 2.36. The van der Waals surface area contributed by atoms with E-state index < -0.39 is 24.0 Å². The van der Waals surface area contributed by atoms with Crippen LogP contribution < -0.4 is 19.5 Å². The fourth-order valence-electron chi connectivity index (χ4n) is 7.63. The molecule has 0 aromatic heterocycles. The van der Waals surface area contributed by atoms with E-state index in [2.05, 4.69) is 17.5 Å². The molecule has 12 heteroatoms. The molecule has 2 heterocycles. The van der Waals surface area contributed by atoms with Gasteiger partial charge < -0.3 is 24.6 Å². The number of nitrogens with zero attached hydrogens (tertiary/aromatic N) is 3. The van der Waals surface area contributed by atoms with Crippen LogP contribution >= 0.6 is 23.2 Å². The van der Waals surface area contributed by atoms with Gasteiger partial charge in [0.05, 0.1) is 39.4 Å². The van der Waals surface area contributed by atoms with Crippen molar-refractivity contribution in [2.75, 3.05) is 6.61 Å². The summed E-state index contributed by atoms with van der Waals surface area (Å²) in [5, 5.41) is 33.1. The van der Waals surface area contributed by atoms with Crippen molar-refractivity contribution in [1.29, 1.82) is 10.5 Å². The van der Waals surface area contributed by atoms with Gasteiger partial charge in [-0.1, -0.05) is 96.0 Å². The molecule has 2 aliphatic heterocycles. The number of halogens is 2. The Hall–Kier alpha value is -6.82. The number of carboxylic acid groups (broad SMARTS) is 1. The Morgan fingerprint density at radius 2 is 1.52 bits per heavy atom. The Morgan fingerprint density at radius 3 is 2.23 bits per heavy atom. The summed E-state index contributed by atoms with van der Waals surface area (Å²) >= 11 is 12.2. The highest BCUT2D eigenvalue weighted by atomic mass is 35.5. The summed E-state index contributed by atoms with van der Waals surface area (Å²) in [6, 6.07) is 41.3. The van der Waals surface area contributed by atoms with Crippen LogP contribution in [0.1, 0.15) is 50.6 Å². The summed E-state index contributed by atoms with van der Waals surface area (Å²) < 4.78 is 18.7. The smallest absolute Gasteiger partial charge is 0.326 e. The zero-order chi connectivity index (χ0) is 42.5. The monoisotopic (exact) mass is 848 g/mol. The number of carboxylic acids is 1. The lowest BCUT2D eigenvalue weighted by Crippen LogP contribution is -2.54. The Balaban J connectivity index is 0.979. The summed E-state index contributed by atoms with van der Waals surface area (Å²) in [6.07, 6.45) is -0.0231. The third kappa shape index (κ3) is 9.49. The molecule has 8 rings (SSSR count). The molecule has 2 aliphatic rings. The molecular formula is C49H38Cl2N4O6. The van der Waals surface area contributed by atoms with Gasteiger partial charge in [-0.25, -0.2) is 4.79 Å². The zero-order valence-corrected chi connectivity index (χ0v) is 34.2. The third-order valence-corrected chi connectivity index (χ3v) is 11.7. The molecule has 3 atom stereocenters. The van der Waals surface area contributed by atoms with Crippen molar-refractivity contribution in [3.05, 3.63) is 182 Å². The molecule has 0 bridgehead atoms. The maximum absolute atomic E-state index is 14.2. The Morgan fingerprint density at radius 1 is 0.820 bits per heavy atom. The molecule has 2 N–H and O–H groups in total. The van der Waals surface area contributed by atoms with Gasteiger partial charge in [0.1, 0.15) is 25.0 Å². The van der Waals surface area contributed by atoms with Crippen molar-refractivity contribution in [2.24, 2.45) is 0 Å². The van der Waals surface area contributed by atoms with E-state index in [0.717, 1.165) is 44.5 Å². The second-order valence-corrected chi connectivity index (χ2v) is 15.8. The number of carbonyl (C=O) groups is 2. The lowest BCUT2D eigenvalue weighted by Gasteiger charge is -2.38. The maximum Gasteiger partial charge on any atom is 0.326 e. The quantitative estimate of drug-likeness (QED) is 0.123. The van der Waals surface area contributed by atoms with Crippen LogP contribution in [0.2, 0.25) is 10.0 Å². The van der Waals surface area contributed by atoms with Crippen LogP contribution in [0.5, 0.6) is 17.2 Å². The van der Waals surface area contributed by atoms with Crippen molar-refractivity contribution in [3.8, 4) is 40.5 Å². The average molecular weight is 850 g/mol. The Bertz CT molecular complexity index is 2680. The SMILES string of the molecule is N#Cc1ccc(-c2ccc(CC(NC(=O)C3Cc4cc5c(cc4CN3Cc3ccccc3C#N)OC(c3ccc(OCc4ccc(Cl)c(Cl)c4)cc3)CO5)C(=O)O)cc2)cc1. The molecule has 6 aromatic rings. The number of amides is 1. The second-order valence-electron chi connectivity index (χ2n) is 15.0. The molecule has 10 nitrogen and oxygen atoms in total. The van der Waals surface area contributed by atoms with Crippen LogP contribution in [0, 0.1) is 22.7 Å². The lowest BCUT2D eigenvalue weighted by molar-refractivity contribution is -0.142. The minimum atomic E-state index is -1.19. The van der Waals surface area contributed by atoms with Crippen molar-refractivity contribution in [1.82, 2.24) is 10.2 Å². The van der Waals surface area contributed by atoms with E-state index in [4.69, 9.17) is 42.7 Å². The molecule has 3 unspecified atom stereocenters. The van der Waals surface area contributed by atoms with Crippen LogP contribution in [-0.2, 0) is 42.1 Å². The molecule has 304 valence electrons. The first kappa shape index (κ1) is 40.9. The van der Waals surface area contributed by atoms with E-state index in [9.17, 15) is 20.0 Å². The van der Waals surface area contributed by atoms with Gasteiger partial charge >= 0.3 is 5.97 Å². The highest BCUT2D eigenvalue weighted by molar-refractivity contribution is 6.42. The largest absolute Gasteiger partial charge is 0.489 e. The van der Waals surface area contributed by atoms with Crippen molar-refractivity contribution >= 4 is 35.1 Å². The van der Waals surface area contributed by atoms with Crippen molar-refractivity contribution in [3.63, 3.8) is 0 Å². The van der Waals surface area contributed by atoms with E-state index >= 15 is 0 Å². The minimum Gasteiger partial charge on any atom is -0.489 e. The third-order valence-electron chi connectivity index (χ3n) is 11.0. The summed E-state index contributed by atoms with van der Waals surface area (Å²) in [6.45, 7) is 1.22. The average Bonchev–Trinajstić information content (AvgIpc) is 3.28. The summed E-state index contributed by atoms with van der Waals surface area (Å²) in [5.41, 5.74) is 8.03. The fraction of sp³-hybridized carbons (Fsp3) is 0.184. The first-order valence-electron chi connectivity index (χ1n) is 19.6. The fourth-order valence-corrected chi connectivity index (χ4v) is 7.95. The number of benzene rings is 6. The molecule has 0 aliphatic carbocycles. The number of rotatable bonds is 12. The van der Waals surface area contributed by atoms with E-state index in [1.165, 1.54) is 0 Å². The molecule has 0 saturated heterocycles. The normalized spacial score (nSPS) is 16.0. The topological polar surface area (TPSA) is 145 Å². The van der Waals surface area contributed by atoms with E-state index in [1.807, 2.05) is 95.9 Å². The predicted molar refractivity (Wildman–Crippen MR) is 230 cm³/mol. The standard InChI is InChI=1S/C49H38Cl2N4O6/c50-41-18-9-32(19-42(41)51)28-59-40-16-14-35(15-17-40)47-29-60-45-22-38-21-44(55(27-39(38)23-46(45)61-47)26-37-4-2-1-3-36(37)25-53)48(56)54-43(49(57)58)20-30-5-10-33(11-6-30)34-12-7-31(24-52)8-13-34/h1-19,22-23,43-44,47H,20-21,26-29H2,(H,54,56)(H,57,58). The number of carbonyl (C=O) groups excluding carboxylic acids is 1. The van der Waals surface area contributed by atoms with Crippen molar-refractivity contribution < 1.29 is 28.9 Å². The van der Waals surface area contributed by atoms with Gasteiger partial charge in [0.25, 0.3) is 0 Å². The Labute approximate surface area is 363 Å². The molecule has 0 radical (unpaired) electrons. The predicted octanol–water partition coefficient (Wildman–Crippen LogP) is 9.23. The highest BCUT2D eigenvalue weighted by Crippen LogP contribution is 2.41. The first-order chi connectivity index (χ1) is 29.6. The van der Waals surface area contributed by atoms with Gasteiger partial charge in [0.2, 0.25) is 5.91 Å². The van der Waals surface area contributed by atoms with E-state index in [1.54, 1.807) is 36.4 Å². The number of nitriles is 2.